The molecule has 10 rings (SSSR count). The van der Waals surface area contributed by atoms with Crippen LogP contribution in [0, 0.1) is 13.8 Å². The number of rotatable bonds is 14. The first-order valence-electron chi connectivity index (χ1n) is 24.7. The average molecular weight is 1010 g/mol. The number of aromatic carboxylic acids is 1. The number of aryl methyl sites for hydroxylation is 5. The average Bonchev–Trinajstić information content (AvgIpc) is 4.25. The van der Waals surface area contributed by atoms with E-state index in [1.165, 1.54) is 17.1 Å². The smallest absolute Gasteiger partial charge is 0.338 e. The number of fused-ring (bicyclic) bond motifs is 2. The van der Waals surface area contributed by atoms with E-state index in [4.69, 9.17) is 29.9 Å². The Balaban J connectivity index is 1.06. The molecule has 7 aromatic rings. The zero-order chi connectivity index (χ0) is 51.8. The van der Waals surface area contributed by atoms with Gasteiger partial charge in [0.2, 0.25) is 17.8 Å². The number of morpholine rings is 1. The summed E-state index contributed by atoms with van der Waals surface area (Å²) in [5.74, 6) is -2.08. The molecule has 2 bridgehead atoms. The molecule has 8 heterocycles. The third kappa shape index (κ3) is 10.0. The number of benzene rings is 2. The zero-order valence-electron chi connectivity index (χ0n) is 41.4. The highest BCUT2D eigenvalue weighted by Crippen LogP contribution is 2.35. The van der Waals surface area contributed by atoms with Crippen molar-refractivity contribution in [1.29, 1.82) is 0 Å². The number of imidazole rings is 2. The largest absolute Gasteiger partial charge is 0.490 e. The van der Waals surface area contributed by atoms with Gasteiger partial charge in [0.1, 0.15) is 47.1 Å². The molecule has 3 atom stereocenters. The van der Waals surface area contributed by atoms with Crippen LogP contribution in [0.25, 0.3) is 22.1 Å². The number of nitrogens with one attached hydrogen (secondary N) is 3. The van der Waals surface area contributed by atoms with E-state index >= 15 is 0 Å². The Labute approximate surface area is 423 Å². The van der Waals surface area contributed by atoms with Crippen LogP contribution in [0.4, 0.5) is 11.9 Å². The van der Waals surface area contributed by atoms with E-state index in [9.17, 15) is 29.1 Å². The molecule has 386 valence electrons. The first kappa shape index (κ1) is 49.2. The normalized spacial score (nSPS) is 18.3. The molecule has 6 N–H and O–H groups in total. The van der Waals surface area contributed by atoms with E-state index < -0.39 is 35.6 Å². The molecule has 2 fully saturated rings. The second kappa shape index (κ2) is 20.6. The van der Waals surface area contributed by atoms with Crippen molar-refractivity contribution in [3.63, 3.8) is 0 Å². The van der Waals surface area contributed by atoms with Gasteiger partial charge in [-0.25, -0.2) is 14.8 Å². The number of ether oxygens (including phenoxy) is 3. The van der Waals surface area contributed by atoms with Crippen molar-refractivity contribution in [2.45, 2.75) is 97.9 Å². The minimum atomic E-state index is -1.08. The SMILES string of the molecule is CCn1nc(C)cc1C(=O)Nc1nc2cc(C(N)=O)cc3c2n1C/C=C/Cn1c(NC(=O)c2cc(C)nn2CC)nc2cc(C(=O)NCCCn4cc(C(=O)O)cn4)cc(c21)OCC(N1CC2CCC(C1)O2)CO3. The number of amides is 4. The fourth-order valence-electron chi connectivity index (χ4n) is 9.85. The van der Waals surface area contributed by atoms with Gasteiger partial charge >= 0.3 is 5.97 Å². The number of likely N-dealkylation sites (tertiary alicyclic amines) is 1. The molecule has 0 radical (unpaired) electrons. The van der Waals surface area contributed by atoms with Gasteiger partial charge in [-0.1, -0.05) is 12.2 Å². The predicted octanol–water partition coefficient (Wildman–Crippen LogP) is 4.01. The molecular formula is C50H57N15O9. The van der Waals surface area contributed by atoms with Crippen LogP contribution in [-0.4, -0.2) is 139 Å². The van der Waals surface area contributed by atoms with Crippen LogP contribution in [0.5, 0.6) is 11.5 Å². The fourth-order valence-corrected chi connectivity index (χ4v) is 9.85. The lowest BCUT2D eigenvalue weighted by molar-refractivity contribution is -0.0639. The Kier molecular flexibility index (Phi) is 13.7. The minimum Gasteiger partial charge on any atom is -0.490 e. The van der Waals surface area contributed by atoms with Crippen LogP contribution in [0.15, 0.2) is 60.9 Å². The number of hydrogen-bond donors (Lipinski definition) is 5. The zero-order valence-corrected chi connectivity index (χ0v) is 41.4. The Hall–Kier alpha value is -8.38. The molecule has 24 nitrogen and oxygen atoms in total. The molecule has 74 heavy (non-hydrogen) atoms. The summed E-state index contributed by atoms with van der Waals surface area (Å²) in [7, 11) is 0. The summed E-state index contributed by atoms with van der Waals surface area (Å²) in [6.07, 6.45) is 8.74. The van der Waals surface area contributed by atoms with E-state index in [2.05, 4.69) is 36.1 Å². The number of nitrogens with zero attached hydrogens (tertiary/aromatic N) is 11. The van der Waals surface area contributed by atoms with Crippen molar-refractivity contribution in [1.82, 2.24) is 58.7 Å². The van der Waals surface area contributed by atoms with E-state index in [0.29, 0.717) is 95.5 Å². The number of carbonyl (C=O) groups is 5. The molecule has 3 aliphatic rings. The standard InChI is InChI=1S/C50H57N15O9/c1-5-64-38(16-28(3)58-64)46(68)56-49-54-36-18-30(44(51)66)20-40-42(36)62(49)14-7-8-15-63-43-37(55-50(63)57-47(69)39-17-29(4)59-65(39)6-2)19-31(45(67)52-12-9-13-61-23-32(22-53-61)48(70)71)21-41(43)73-27-33(26-72-40)60-24-34-10-11-35(25-60)74-34/h7-8,16-23,33-35H,5-6,9-15,24-27H2,1-4H3,(H2,51,66)(H,52,67)(H,70,71)(H,54,56,68)(H,55,57,69)/b8-7+. The maximum atomic E-state index is 14.1. The molecule has 0 spiro atoms. The van der Waals surface area contributed by atoms with Crippen LogP contribution in [0.1, 0.15) is 96.5 Å². The van der Waals surface area contributed by atoms with Crippen molar-refractivity contribution in [3.05, 3.63) is 100 Å². The number of primary amides is 1. The van der Waals surface area contributed by atoms with Crippen LogP contribution in [-0.2, 0) is 37.5 Å². The van der Waals surface area contributed by atoms with E-state index in [0.717, 1.165) is 12.8 Å². The Morgan fingerprint density at radius 1 is 0.730 bits per heavy atom. The van der Waals surface area contributed by atoms with Gasteiger partial charge in [-0.3, -0.25) is 48.8 Å². The molecule has 5 aromatic heterocycles. The highest BCUT2D eigenvalue weighted by Gasteiger charge is 2.38. The summed E-state index contributed by atoms with van der Waals surface area (Å²) >= 11 is 0. The summed E-state index contributed by atoms with van der Waals surface area (Å²) < 4.78 is 28.3. The summed E-state index contributed by atoms with van der Waals surface area (Å²) in [6, 6.07) is 9.43. The van der Waals surface area contributed by atoms with Gasteiger partial charge in [0.25, 0.3) is 17.7 Å². The number of nitrogens with two attached hydrogens (primary N) is 1. The molecule has 4 amide bonds. The molecule has 3 aliphatic heterocycles. The van der Waals surface area contributed by atoms with Crippen LogP contribution < -0.4 is 31.2 Å². The van der Waals surface area contributed by atoms with Gasteiger partial charge in [-0.05, 0) is 83.4 Å². The van der Waals surface area contributed by atoms with Gasteiger partial charge in [-0.15, -0.1) is 0 Å². The van der Waals surface area contributed by atoms with Crippen molar-refractivity contribution in [3.8, 4) is 11.5 Å². The topological polar surface area (TPSA) is 288 Å². The first-order valence-corrected chi connectivity index (χ1v) is 24.7. The summed E-state index contributed by atoms with van der Waals surface area (Å²) in [4.78, 5) is 78.5. The third-order valence-electron chi connectivity index (χ3n) is 13.4. The van der Waals surface area contributed by atoms with Crippen LogP contribution in [0.3, 0.4) is 0 Å². The van der Waals surface area contributed by atoms with E-state index in [-0.39, 0.29) is 73.6 Å². The Morgan fingerprint density at radius 2 is 1.27 bits per heavy atom. The number of carboxylic acids is 1. The Morgan fingerprint density at radius 3 is 1.78 bits per heavy atom. The van der Waals surface area contributed by atoms with E-state index in [1.807, 2.05) is 44.4 Å². The maximum absolute atomic E-state index is 14.1. The lowest BCUT2D eigenvalue weighted by Gasteiger charge is -2.37. The third-order valence-corrected chi connectivity index (χ3v) is 13.4. The van der Waals surface area contributed by atoms with Crippen molar-refractivity contribution in [2.24, 2.45) is 5.73 Å². The fraction of sp³-hybridized carbons (Fsp3) is 0.400. The van der Waals surface area contributed by atoms with Gasteiger partial charge in [0.05, 0.1) is 52.4 Å². The number of aromatic nitrogens is 10. The summed E-state index contributed by atoms with van der Waals surface area (Å²) in [6.45, 7) is 10.6. The molecule has 2 saturated heterocycles. The lowest BCUT2D eigenvalue weighted by atomic mass is 10.1. The summed E-state index contributed by atoms with van der Waals surface area (Å²) in [5, 5.41) is 31.3. The number of allylic oxidation sites excluding steroid dienone is 2. The predicted molar refractivity (Wildman–Crippen MR) is 269 cm³/mol. The molecule has 0 saturated carbocycles. The number of anilines is 2. The van der Waals surface area contributed by atoms with Crippen molar-refractivity contribution in [2.75, 3.05) is 43.5 Å². The molecular weight excluding hydrogens is 955 g/mol. The van der Waals surface area contributed by atoms with Gasteiger partial charge in [-0.2, -0.15) is 15.3 Å². The molecule has 24 heteroatoms. The highest BCUT2D eigenvalue weighted by molar-refractivity contribution is 6.05. The maximum Gasteiger partial charge on any atom is 0.338 e. The quantitative estimate of drug-likeness (QED) is 0.0760. The molecule has 3 unspecified atom stereocenters. The lowest BCUT2D eigenvalue weighted by Crippen LogP contribution is -2.52. The van der Waals surface area contributed by atoms with Gasteiger partial charge in [0, 0.05) is 69.7 Å². The second-order valence-corrected chi connectivity index (χ2v) is 18.6. The summed E-state index contributed by atoms with van der Waals surface area (Å²) in [5.41, 5.74) is 10.1. The first-order chi connectivity index (χ1) is 35.7. The number of hydrogen-bond acceptors (Lipinski definition) is 14. The van der Waals surface area contributed by atoms with Crippen LogP contribution in [0.2, 0.25) is 0 Å². The van der Waals surface area contributed by atoms with Crippen molar-refractivity contribution < 1.29 is 43.3 Å². The monoisotopic (exact) mass is 1010 g/mol. The van der Waals surface area contributed by atoms with Crippen LogP contribution >= 0.6 is 0 Å². The van der Waals surface area contributed by atoms with Crippen molar-refractivity contribution >= 4 is 63.6 Å². The second-order valence-electron chi connectivity index (χ2n) is 18.6. The Bertz CT molecular complexity index is 3350. The van der Waals surface area contributed by atoms with Gasteiger partial charge < -0.3 is 39.5 Å². The molecule has 2 aromatic carbocycles. The molecule has 0 aliphatic carbocycles. The van der Waals surface area contributed by atoms with Gasteiger partial charge in [0.15, 0.2) is 0 Å². The minimum absolute atomic E-state index is 0.00776. The number of carbonyl (C=O) groups excluding carboxylic acids is 4. The highest BCUT2D eigenvalue weighted by atomic mass is 16.5. The number of carboxylic acid groups (broad SMARTS) is 1. The van der Waals surface area contributed by atoms with E-state index in [1.54, 1.807) is 50.3 Å².